The molecule has 1 amide bonds. The van der Waals surface area contributed by atoms with Crippen LogP contribution in [0.15, 0.2) is 18.2 Å². The molecular weight excluding hydrogens is 206 g/mol. The van der Waals surface area contributed by atoms with Gasteiger partial charge in [-0.2, -0.15) is 0 Å². The lowest BCUT2D eigenvalue weighted by atomic mass is 10.3. The normalized spacial score (nSPS) is 9.36. The number of carbonyl (C=O) groups is 1. The standard InChI is InChI=1S/C9H10ClNO3/c1-13-6-3-4-7(10)8(5-6)11-9(12)14-2/h3-5H,1-2H3,(H,11,12). The smallest absolute Gasteiger partial charge is 0.411 e. The predicted octanol–water partition coefficient (Wildman–Crippen LogP) is 2.53. The fourth-order valence-electron chi connectivity index (χ4n) is 0.888. The number of benzene rings is 1. The van der Waals surface area contributed by atoms with Crippen molar-refractivity contribution in [2.45, 2.75) is 0 Å². The van der Waals surface area contributed by atoms with Crippen LogP contribution < -0.4 is 10.1 Å². The highest BCUT2D eigenvalue weighted by Gasteiger charge is 2.06. The lowest BCUT2D eigenvalue weighted by Gasteiger charge is -2.07. The molecule has 0 bridgehead atoms. The van der Waals surface area contributed by atoms with E-state index in [9.17, 15) is 4.79 Å². The SMILES string of the molecule is COC(=O)Nc1cc(OC)ccc1Cl. The molecule has 1 rings (SSSR count). The van der Waals surface area contributed by atoms with Crippen LogP contribution in [0.4, 0.5) is 10.5 Å². The molecule has 0 aliphatic heterocycles. The summed E-state index contributed by atoms with van der Waals surface area (Å²) in [5, 5.41) is 2.89. The molecule has 0 unspecified atom stereocenters. The Hall–Kier alpha value is -1.42. The third-order valence-electron chi connectivity index (χ3n) is 1.60. The fraction of sp³-hybridized carbons (Fsp3) is 0.222. The topological polar surface area (TPSA) is 47.6 Å². The third kappa shape index (κ3) is 2.53. The molecule has 0 fully saturated rings. The van der Waals surface area contributed by atoms with Gasteiger partial charge in [-0.3, -0.25) is 5.32 Å². The maximum absolute atomic E-state index is 10.9. The minimum absolute atomic E-state index is 0.427. The van der Waals surface area contributed by atoms with Crippen molar-refractivity contribution in [3.63, 3.8) is 0 Å². The highest BCUT2D eigenvalue weighted by atomic mass is 35.5. The quantitative estimate of drug-likeness (QED) is 0.825. The molecule has 0 saturated heterocycles. The number of methoxy groups -OCH3 is 2. The fourth-order valence-corrected chi connectivity index (χ4v) is 1.05. The first-order valence-corrected chi connectivity index (χ1v) is 4.23. The van der Waals surface area contributed by atoms with E-state index in [-0.39, 0.29) is 0 Å². The lowest BCUT2D eigenvalue weighted by Crippen LogP contribution is -2.11. The second-order valence-corrected chi connectivity index (χ2v) is 2.87. The van der Waals surface area contributed by atoms with E-state index in [1.165, 1.54) is 14.2 Å². The first-order valence-electron chi connectivity index (χ1n) is 3.86. The second-order valence-electron chi connectivity index (χ2n) is 2.46. The minimum atomic E-state index is -0.569. The Bertz CT molecular complexity index is 341. The summed E-state index contributed by atoms with van der Waals surface area (Å²) in [6.07, 6.45) is -0.569. The highest BCUT2D eigenvalue weighted by molar-refractivity contribution is 6.33. The van der Waals surface area contributed by atoms with Crippen LogP contribution in [0.3, 0.4) is 0 Å². The van der Waals surface area contributed by atoms with Crippen LogP contribution in [-0.2, 0) is 4.74 Å². The van der Waals surface area contributed by atoms with Gasteiger partial charge in [-0.15, -0.1) is 0 Å². The van der Waals surface area contributed by atoms with E-state index < -0.39 is 6.09 Å². The van der Waals surface area contributed by atoms with E-state index in [0.29, 0.717) is 16.5 Å². The first-order chi connectivity index (χ1) is 6.67. The maximum atomic E-state index is 10.9. The number of nitrogens with one attached hydrogen (secondary N) is 1. The Balaban J connectivity index is 2.89. The molecule has 1 N–H and O–H groups in total. The average Bonchev–Trinajstić information content (AvgIpc) is 2.21. The summed E-state index contributed by atoms with van der Waals surface area (Å²) in [6.45, 7) is 0. The van der Waals surface area contributed by atoms with Crippen LogP contribution >= 0.6 is 11.6 Å². The van der Waals surface area contributed by atoms with Gasteiger partial charge in [0.2, 0.25) is 0 Å². The number of hydrogen-bond donors (Lipinski definition) is 1. The molecule has 4 nitrogen and oxygen atoms in total. The zero-order valence-electron chi connectivity index (χ0n) is 7.83. The van der Waals surface area contributed by atoms with Crippen molar-refractivity contribution < 1.29 is 14.3 Å². The molecule has 76 valence electrons. The van der Waals surface area contributed by atoms with Gasteiger partial charge in [0.05, 0.1) is 24.9 Å². The van der Waals surface area contributed by atoms with Crippen molar-refractivity contribution in [1.82, 2.24) is 0 Å². The van der Waals surface area contributed by atoms with Crippen molar-refractivity contribution in [3.05, 3.63) is 23.2 Å². The number of ether oxygens (including phenoxy) is 2. The Labute approximate surface area is 86.8 Å². The summed E-state index contributed by atoms with van der Waals surface area (Å²) < 4.78 is 9.41. The zero-order valence-corrected chi connectivity index (χ0v) is 8.59. The Morgan fingerprint density at radius 3 is 2.71 bits per heavy atom. The summed E-state index contributed by atoms with van der Waals surface area (Å²) in [5.74, 6) is 0.612. The molecule has 0 aliphatic carbocycles. The highest BCUT2D eigenvalue weighted by Crippen LogP contribution is 2.26. The molecule has 0 radical (unpaired) electrons. The molecule has 1 aromatic carbocycles. The van der Waals surface area contributed by atoms with Gasteiger partial charge in [-0.05, 0) is 12.1 Å². The van der Waals surface area contributed by atoms with E-state index in [1.807, 2.05) is 0 Å². The Morgan fingerprint density at radius 2 is 2.14 bits per heavy atom. The van der Waals surface area contributed by atoms with Gasteiger partial charge in [0.15, 0.2) is 0 Å². The van der Waals surface area contributed by atoms with Gasteiger partial charge < -0.3 is 9.47 Å². The van der Waals surface area contributed by atoms with E-state index in [2.05, 4.69) is 10.1 Å². The van der Waals surface area contributed by atoms with Gasteiger partial charge in [-0.1, -0.05) is 11.6 Å². The number of carbonyl (C=O) groups excluding carboxylic acids is 1. The van der Waals surface area contributed by atoms with Gasteiger partial charge in [0.25, 0.3) is 0 Å². The molecule has 0 aromatic heterocycles. The number of rotatable bonds is 2. The Kier molecular flexibility index (Phi) is 3.59. The summed E-state index contributed by atoms with van der Waals surface area (Å²) in [7, 11) is 2.81. The van der Waals surface area contributed by atoms with Crippen LogP contribution in [0.1, 0.15) is 0 Å². The molecular formula is C9H10ClNO3. The van der Waals surface area contributed by atoms with Crippen LogP contribution in [0.2, 0.25) is 5.02 Å². The molecule has 14 heavy (non-hydrogen) atoms. The van der Waals surface area contributed by atoms with Crippen molar-refractivity contribution in [1.29, 1.82) is 0 Å². The van der Waals surface area contributed by atoms with Gasteiger partial charge in [0.1, 0.15) is 5.75 Å². The van der Waals surface area contributed by atoms with E-state index in [4.69, 9.17) is 16.3 Å². The van der Waals surface area contributed by atoms with Gasteiger partial charge in [-0.25, -0.2) is 4.79 Å². The van der Waals surface area contributed by atoms with Crippen molar-refractivity contribution in [2.24, 2.45) is 0 Å². The molecule has 0 spiro atoms. The Morgan fingerprint density at radius 1 is 1.43 bits per heavy atom. The molecule has 5 heteroatoms. The summed E-state index contributed by atoms with van der Waals surface area (Å²) in [5.41, 5.74) is 0.456. The van der Waals surface area contributed by atoms with Crippen LogP contribution in [0.5, 0.6) is 5.75 Å². The van der Waals surface area contributed by atoms with Gasteiger partial charge >= 0.3 is 6.09 Å². The van der Waals surface area contributed by atoms with E-state index >= 15 is 0 Å². The van der Waals surface area contributed by atoms with E-state index in [0.717, 1.165) is 0 Å². The van der Waals surface area contributed by atoms with Crippen LogP contribution in [-0.4, -0.2) is 20.3 Å². The molecule has 0 saturated carbocycles. The number of anilines is 1. The largest absolute Gasteiger partial charge is 0.497 e. The average molecular weight is 216 g/mol. The number of amides is 1. The second kappa shape index (κ2) is 4.72. The van der Waals surface area contributed by atoms with E-state index in [1.54, 1.807) is 18.2 Å². The van der Waals surface area contributed by atoms with Crippen molar-refractivity contribution in [2.75, 3.05) is 19.5 Å². The zero-order chi connectivity index (χ0) is 10.6. The summed E-state index contributed by atoms with van der Waals surface area (Å²) in [6, 6.07) is 4.94. The van der Waals surface area contributed by atoms with Crippen molar-refractivity contribution in [3.8, 4) is 5.75 Å². The predicted molar refractivity (Wildman–Crippen MR) is 54.0 cm³/mol. The number of hydrogen-bond acceptors (Lipinski definition) is 3. The van der Waals surface area contributed by atoms with Crippen molar-refractivity contribution >= 4 is 23.4 Å². The monoisotopic (exact) mass is 215 g/mol. The van der Waals surface area contributed by atoms with Crippen LogP contribution in [0, 0.1) is 0 Å². The lowest BCUT2D eigenvalue weighted by molar-refractivity contribution is 0.187. The molecule has 0 aliphatic rings. The third-order valence-corrected chi connectivity index (χ3v) is 1.93. The van der Waals surface area contributed by atoms with Crippen LogP contribution in [0.25, 0.3) is 0 Å². The minimum Gasteiger partial charge on any atom is -0.497 e. The molecule has 0 heterocycles. The number of halogens is 1. The molecule has 1 aromatic rings. The maximum Gasteiger partial charge on any atom is 0.411 e. The first kappa shape index (κ1) is 10.7. The summed E-state index contributed by atoms with van der Waals surface area (Å²) in [4.78, 5) is 10.9. The van der Waals surface area contributed by atoms with Gasteiger partial charge in [0, 0.05) is 6.07 Å². The summed E-state index contributed by atoms with van der Waals surface area (Å²) >= 11 is 5.83. The molecule has 0 atom stereocenters.